The fourth-order valence-corrected chi connectivity index (χ4v) is 2.88. The van der Waals surface area contributed by atoms with Crippen LogP contribution in [0.2, 0.25) is 5.02 Å². The smallest absolute Gasteiger partial charge is 0.335 e. The van der Waals surface area contributed by atoms with Crippen molar-refractivity contribution in [3.05, 3.63) is 69.9 Å². The Bertz CT molecular complexity index is 1010. The third-order valence-electron chi connectivity index (χ3n) is 3.93. The Hall–Kier alpha value is -3.12. The van der Waals surface area contributed by atoms with Crippen LogP contribution in [0, 0.1) is 13.8 Å². The molecule has 0 aliphatic heterocycles. The number of halogens is 1. The summed E-state index contributed by atoms with van der Waals surface area (Å²) in [7, 11) is 0. The van der Waals surface area contributed by atoms with Gasteiger partial charge in [0.2, 0.25) is 0 Å². The van der Waals surface area contributed by atoms with E-state index in [2.05, 4.69) is 10.5 Å². The van der Waals surface area contributed by atoms with Gasteiger partial charge in [-0.05, 0) is 43.7 Å². The number of nitrogens with one attached hydrogen (secondary N) is 1. The molecule has 0 spiro atoms. The molecule has 3 aromatic rings. The first-order valence-electron chi connectivity index (χ1n) is 7.75. The number of hydrogen-bond acceptors (Lipinski definition) is 4. The Kier molecular flexibility index (Phi) is 4.77. The maximum absolute atomic E-state index is 12.8. The zero-order valence-electron chi connectivity index (χ0n) is 14.0. The van der Waals surface area contributed by atoms with Gasteiger partial charge in [-0.15, -0.1) is 0 Å². The molecule has 2 N–H and O–H groups in total. The van der Waals surface area contributed by atoms with Gasteiger partial charge in [-0.1, -0.05) is 35.0 Å². The Labute approximate surface area is 154 Å². The predicted octanol–water partition coefficient (Wildman–Crippen LogP) is 4.56. The molecule has 6 nitrogen and oxygen atoms in total. The first-order chi connectivity index (χ1) is 12.4. The molecule has 1 amide bonds. The second-order valence-corrected chi connectivity index (χ2v) is 6.14. The summed E-state index contributed by atoms with van der Waals surface area (Å²) < 4.78 is 5.19. The van der Waals surface area contributed by atoms with Gasteiger partial charge in [-0.25, -0.2) is 4.79 Å². The molecule has 26 heavy (non-hydrogen) atoms. The van der Waals surface area contributed by atoms with Crippen LogP contribution in [0.4, 0.5) is 5.69 Å². The number of aryl methyl sites for hydroxylation is 2. The van der Waals surface area contributed by atoms with E-state index in [4.69, 9.17) is 21.2 Å². The molecule has 0 aliphatic rings. The van der Waals surface area contributed by atoms with Crippen molar-refractivity contribution in [2.75, 3.05) is 5.32 Å². The van der Waals surface area contributed by atoms with E-state index in [0.29, 0.717) is 33.3 Å². The van der Waals surface area contributed by atoms with Crippen LogP contribution in [-0.2, 0) is 0 Å². The number of nitrogens with zero attached hydrogens (tertiary/aromatic N) is 1. The molecule has 132 valence electrons. The summed E-state index contributed by atoms with van der Waals surface area (Å²) in [4.78, 5) is 23.9. The molecule has 2 aromatic carbocycles. The Morgan fingerprint density at radius 3 is 2.54 bits per heavy atom. The number of rotatable bonds is 4. The van der Waals surface area contributed by atoms with E-state index in [0.717, 1.165) is 0 Å². The normalized spacial score (nSPS) is 10.6. The van der Waals surface area contributed by atoms with Gasteiger partial charge < -0.3 is 14.9 Å². The van der Waals surface area contributed by atoms with E-state index in [-0.39, 0.29) is 11.1 Å². The number of hydrogen-bond donors (Lipinski definition) is 2. The maximum Gasteiger partial charge on any atom is 0.335 e. The molecular weight excluding hydrogens is 356 g/mol. The van der Waals surface area contributed by atoms with Crippen molar-refractivity contribution in [2.24, 2.45) is 0 Å². The molecule has 0 aliphatic carbocycles. The molecule has 0 bridgehead atoms. The highest BCUT2D eigenvalue weighted by molar-refractivity contribution is 6.33. The molecule has 0 atom stereocenters. The van der Waals surface area contributed by atoms with Crippen molar-refractivity contribution in [3.63, 3.8) is 0 Å². The highest BCUT2D eigenvalue weighted by atomic mass is 35.5. The first kappa shape index (κ1) is 17.7. The zero-order valence-corrected chi connectivity index (χ0v) is 14.8. The third kappa shape index (κ3) is 3.32. The van der Waals surface area contributed by atoms with Gasteiger partial charge in [0.25, 0.3) is 5.91 Å². The van der Waals surface area contributed by atoms with Crippen molar-refractivity contribution in [1.29, 1.82) is 0 Å². The minimum atomic E-state index is -1.02. The Morgan fingerprint density at radius 1 is 1.15 bits per heavy atom. The second-order valence-electron chi connectivity index (χ2n) is 5.73. The summed E-state index contributed by atoms with van der Waals surface area (Å²) in [5.41, 5.74) is 2.42. The average Bonchev–Trinajstić information content (AvgIpc) is 2.96. The zero-order chi connectivity index (χ0) is 18.8. The lowest BCUT2D eigenvalue weighted by Gasteiger charge is -2.08. The van der Waals surface area contributed by atoms with Crippen LogP contribution in [0.5, 0.6) is 0 Å². The van der Waals surface area contributed by atoms with Gasteiger partial charge in [-0.3, -0.25) is 4.79 Å². The fourth-order valence-electron chi connectivity index (χ4n) is 2.65. The number of amides is 1. The van der Waals surface area contributed by atoms with E-state index in [1.54, 1.807) is 44.2 Å². The quantitative estimate of drug-likeness (QED) is 0.702. The summed E-state index contributed by atoms with van der Waals surface area (Å²) in [6, 6.07) is 11.6. The lowest BCUT2D eigenvalue weighted by molar-refractivity contribution is 0.0696. The summed E-state index contributed by atoms with van der Waals surface area (Å²) in [6.45, 7) is 3.31. The number of carboxylic acid groups (broad SMARTS) is 1. The Balaban J connectivity index is 1.95. The van der Waals surface area contributed by atoms with Crippen molar-refractivity contribution in [2.45, 2.75) is 13.8 Å². The van der Waals surface area contributed by atoms with Gasteiger partial charge in [0.05, 0.1) is 10.6 Å². The Morgan fingerprint density at radius 2 is 1.88 bits per heavy atom. The van der Waals surface area contributed by atoms with Crippen molar-refractivity contribution in [1.82, 2.24) is 5.16 Å². The van der Waals surface area contributed by atoms with E-state index < -0.39 is 11.9 Å². The van der Waals surface area contributed by atoms with Gasteiger partial charge in [0, 0.05) is 11.3 Å². The topological polar surface area (TPSA) is 92.4 Å². The van der Waals surface area contributed by atoms with E-state index in [9.17, 15) is 9.59 Å². The highest BCUT2D eigenvalue weighted by Gasteiger charge is 2.23. The maximum atomic E-state index is 12.8. The van der Waals surface area contributed by atoms with Crippen LogP contribution in [0.25, 0.3) is 11.3 Å². The highest BCUT2D eigenvalue weighted by Crippen LogP contribution is 2.31. The van der Waals surface area contributed by atoms with Crippen LogP contribution in [-0.4, -0.2) is 22.1 Å². The number of carbonyl (C=O) groups is 2. The third-order valence-corrected chi connectivity index (χ3v) is 4.26. The van der Waals surface area contributed by atoms with E-state index in [1.807, 2.05) is 0 Å². The van der Waals surface area contributed by atoms with Crippen molar-refractivity contribution >= 4 is 29.2 Å². The van der Waals surface area contributed by atoms with Crippen LogP contribution in [0.3, 0.4) is 0 Å². The number of aromatic nitrogens is 1. The molecule has 0 saturated heterocycles. The fraction of sp³-hybridized carbons (Fsp3) is 0.105. The molecule has 0 unspecified atom stereocenters. The van der Waals surface area contributed by atoms with E-state index in [1.165, 1.54) is 12.1 Å². The summed E-state index contributed by atoms with van der Waals surface area (Å²) in [5.74, 6) is -1.08. The number of aromatic carboxylic acids is 1. The average molecular weight is 371 g/mol. The molecule has 7 heteroatoms. The lowest BCUT2D eigenvalue weighted by Crippen LogP contribution is -2.14. The molecule has 1 aromatic heterocycles. The summed E-state index contributed by atoms with van der Waals surface area (Å²) in [5, 5.41) is 16.3. The van der Waals surface area contributed by atoms with Crippen LogP contribution < -0.4 is 5.32 Å². The standard InChI is InChI=1S/C19H15ClN2O4/c1-10-9-12(7-8-13(10)19(24)25)21-18(23)16-11(2)26-22-17(16)14-5-3-4-6-15(14)20/h3-9H,1-2H3,(H,21,23)(H,24,25). The summed E-state index contributed by atoms with van der Waals surface area (Å²) >= 11 is 6.20. The minimum absolute atomic E-state index is 0.181. The molecular formula is C19H15ClN2O4. The predicted molar refractivity (Wildman–Crippen MR) is 97.8 cm³/mol. The van der Waals surface area contributed by atoms with Gasteiger partial charge in [-0.2, -0.15) is 0 Å². The molecule has 0 saturated carbocycles. The van der Waals surface area contributed by atoms with Crippen LogP contribution in [0.1, 0.15) is 32.0 Å². The van der Waals surface area contributed by atoms with Gasteiger partial charge in [0.15, 0.2) is 0 Å². The van der Waals surface area contributed by atoms with Crippen LogP contribution >= 0.6 is 11.6 Å². The van der Waals surface area contributed by atoms with Gasteiger partial charge >= 0.3 is 5.97 Å². The molecule has 3 rings (SSSR count). The SMILES string of the molecule is Cc1cc(NC(=O)c2c(-c3ccccc3Cl)noc2C)ccc1C(=O)O. The molecule has 0 radical (unpaired) electrons. The van der Waals surface area contributed by atoms with Crippen LogP contribution in [0.15, 0.2) is 47.0 Å². The number of benzene rings is 2. The second kappa shape index (κ2) is 7.01. The lowest BCUT2D eigenvalue weighted by atomic mass is 10.0. The largest absolute Gasteiger partial charge is 0.478 e. The van der Waals surface area contributed by atoms with Gasteiger partial charge in [0.1, 0.15) is 17.0 Å². The minimum Gasteiger partial charge on any atom is -0.478 e. The van der Waals surface area contributed by atoms with Crippen molar-refractivity contribution in [3.8, 4) is 11.3 Å². The first-order valence-corrected chi connectivity index (χ1v) is 8.12. The number of carbonyl (C=O) groups excluding carboxylic acids is 1. The number of anilines is 1. The van der Waals surface area contributed by atoms with E-state index >= 15 is 0 Å². The molecule has 1 heterocycles. The number of carboxylic acids is 1. The molecule has 0 fully saturated rings. The monoisotopic (exact) mass is 370 g/mol. The van der Waals surface area contributed by atoms with Crippen molar-refractivity contribution < 1.29 is 19.2 Å². The summed E-state index contributed by atoms with van der Waals surface area (Å²) in [6.07, 6.45) is 0.